The first-order valence-electron chi connectivity index (χ1n) is 8.76. The third-order valence-corrected chi connectivity index (χ3v) is 4.82. The number of carbonyl (C=O) groups excluding carboxylic acids is 2. The lowest BCUT2D eigenvalue weighted by atomic mass is 9.68. The predicted molar refractivity (Wildman–Crippen MR) is 94.7 cm³/mol. The van der Waals surface area contributed by atoms with Crippen molar-refractivity contribution < 1.29 is 24.2 Å². The minimum atomic E-state index is -0.808. The lowest BCUT2D eigenvalue weighted by Gasteiger charge is -2.39. The fourth-order valence-electron chi connectivity index (χ4n) is 3.54. The van der Waals surface area contributed by atoms with Crippen LogP contribution in [0, 0.1) is 5.41 Å². The highest BCUT2D eigenvalue weighted by Crippen LogP contribution is 2.47. The van der Waals surface area contributed by atoms with Gasteiger partial charge < -0.3 is 14.6 Å². The van der Waals surface area contributed by atoms with Gasteiger partial charge in [0.15, 0.2) is 0 Å². The summed E-state index contributed by atoms with van der Waals surface area (Å²) in [5.41, 5.74) is 1.61. The summed E-state index contributed by atoms with van der Waals surface area (Å²) in [7, 11) is 0. The molecule has 5 heteroatoms. The Morgan fingerprint density at radius 3 is 2.72 bits per heavy atom. The molecule has 2 rings (SSSR count). The van der Waals surface area contributed by atoms with E-state index in [0.717, 1.165) is 18.4 Å². The second-order valence-electron chi connectivity index (χ2n) is 7.34. The monoisotopic (exact) mass is 348 g/mol. The maximum Gasteiger partial charge on any atom is 0.307 e. The van der Waals surface area contributed by atoms with E-state index in [0.29, 0.717) is 6.42 Å². The maximum atomic E-state index is 12.0. The summed E-state index contributed by atoms with van der Waals surface area (Å²) in [5, 5.41) is 10.6. The average Bonchev–Trinajstić information content (AvgIpc) is 2.78. The summed E-state index contributed by atoms with van der Waals surface area (Å²) < 4.78 is 10.8. The van der Waals surface area contributed by atoms with Crippen LogP contribution in [0.15, 0.2) is 35.5 Å². The lowest BCUT2D eigenvalue weighted by Crippen LogP contribution is -2.46. The highest BCUT2D eigenvalue weighted by molar-refractivity contribution is 5.74. The third-order valence-electron chi connectivity index (χ3n) is 4.82. The molecule has 0 aromatic rings. The number of cyclic esters (lactones) is 1. The van der Waals surface area contributed by atoms with Crippen LogP contribution in [0.5, 0.6) is 0 Å². The summed E-state index contributed by atoms with van der Waals surface area (Å²) in [6, 6.07) is 0. The Bertz CT molecular complexity index is 612. The molecule has 1 spiro atoms. The fourth-order valence-corrected chi connectivity index (χ4v) is 3.54. The number of esters is 2. The first kappa shape index (κ1) is 19.4. The number of allylic oxidation sites excluding steroid dienone is 3. The number of hydrogen-bond acceptors (Lipinski definition) is 5. The van der Waals surface area contributed by atoms with E-state index in [1.54, 1.807) is 12.2 Å². The molecule has 0 bridgehead atoms. The van der Waals surface area contributed by atoms with Crippen molar-refractivity contribution >= 4 is 11.9 Å². The topological polar surface area (TPSA) is 72.8 Å². The second kappa shape index (κ2) is 8.00. The molecule has 1 aliphatic heterocycles. The quantitative estimate of drug-likeness (QED) is 0.610. The zero-order chi connectivity index (χ0) is 18.6. The highest BCUT2D eigenvalue weighted by Gasteiger charge is 2.54. The molecule has 2 aliphatic rings. The van der Waals surface area contributed by atoms with Crippen molar-refractivity contribution in [3.05, 3.63) is 35.5 Å². The van der Waals surface area contributed by atoms with Crippen molar-refractivity contribution in [3.63, 3.8) is 0 Å². The van der Waals surface area contributed by atoms with E-state index in [4.69, 9.17) is 9.47 Å². The van der Waals surface area contributed by atoms with Gasteiger partial charge in [-0.25, -0.2) is 0 Å². The predicted octanol–water partition coefficient (Wildman–Crippen LogP) is 3.23. The molecule has 0 aromatic carbocycles. The van der Waals surface area contributed by atoms with Gasteiger partial charge in [0.25, 0.3) is 0 Å². The van der Waals surface area contributed by atoms with Gasteiger partial charge in [0, 0.05) is 13.3 Å². The Hall–Kier alpha value is -1.88. The van der Waals surface area contributed by atoms with E-state index in [9.17, 15) is 14.7 Å². The summed E-state index contributed by atoms with van der Waals surface area (Å²) in [4.78, 5) is 23.2. The Morgan fingerprint density at radius 1 is 1.36 bits per heavy atom. The first-order valence-corrected chi connectivity index (χ1v) is 8.76. The van der Waals surface area contributed by atoms with E-state index in [2.05, 4.69) is 19.9 Å². The van der Waals surface area contributed by atoms with Gasteiger partial charge in [-0.2, -0.15) is 0 Å². The summed E-state index contributed by atoms with van der Waals surface area (Å²) in [5.74, 6) is -0.703. The Morgan fingerprint density at radius 2 is 2.08 bits per heavy atom. The molecule has 0 aromatic heterocycles. The molecule has 0 radical (unpaired) electrons. The van der Waals surface area contributed by atoms with Gasteiger partial charge in [-0.3, -0.25) is 9.59 Å². The molecular formula is C20H28O5. The van der Waals surface area contributed by atoms with Gasteiger partial charge in [-0.05, 0) is 45.8 Å². The Balaban J connectivity index is 2.19. The molecule has 1 aliphatic carbocycles. The SMILES string of the molecule is CC(=O)OC1C=CC(O)C2(CC(=O)OC2C=C(C)CCC=C(C)C)C1. The van der Waals surface area contributed by atoms with Crippen LogP contribution >= 0.6 is 0 Å². The van der Waals surface area contributed by atoms with Gasteiger partial charge in [0.1, 0.15) is 12.2 Å². The number of aliphatic hydroxyl groups excluding tert-OH is 1. The van der Waals surface area contributed by atoms with Crippen LogP contribution in [0.25, 0.3) is 0 Å². The largest absolute Gasteiger partial charge is 0.458 e. The summed E-state index contributed by atoms with van der Waals surface area (Å²) in [6.45, 7) is 7.49. The molecule has 138 valence electrons. The molecule has 1 N–H and O–H groups in total. The number of hydrogen-bond donors (Lipinski definition) is 1. The van der Waals surface area contributed by atoms with Crippen LogP contribution < -0.4 is 0 Å². The van der Waals surface area contributed by atoms with Crippen molar-refractivity contribution in [1.29, 1.82) is 0 Å². The van der Waals surface area contributed by atoms with Crippen LogP contribution in [0.3, 0.4) is 0 Å². The van der Waals surface area contributed by atoms with Gasteiger partial charge in [-0.15, -0.1) is 0 Å². The fraction of sp³-hybridized carbons (Fsp3) is 0.600. The first-order chi connectivity index (χ1) is 11.7. The van der Waals surface area contributed by atoms with Crippen molar-refractivity contribution in [3.8, 4) is 0 Å². The lowest BCUT2D eigenvalue weighted by molar-refractivity contribution is -0.148. The molecule has 1 saturated heterocycles. The molecule has 0 amide bonds. The van der Waals surface area contributed by atoms with E-state index in [1.165, 1.54) is 12.5 Å². The zero-order valence-corrected chi connectivity index (χ0v) is 15.5. The molecule has 1 fully saturated rings. The van der Waals surface area contributed by atoms with E-state index >= 15 is 0 Å². The van der Waals surface area contributed by atoms with Gasteiger partial charge >= 0.3 is 11.9 Å². The number of aliphatic hydroxyl groups is 1. The number of ether oxygens (including phenoxy) is 2. The number of carbonyl (C=O) groups is 2. The molecule has 5 nitrogen and oxygen atoms in total. The second-order valence-corrected chi connectivity index (χ2v) is 7.34. The average molecular weight is 348 g/mol. The van der Waals surface area contributed by atoms with E-state index < -0.39 is 23.7 Å². The molecule has 4 unspecified atom stereocenters. The maximum absolute atomic E-state index is 12.0. The smallest absolute Gasteiger partial charge is 0.307 e. The minimum absolute atomic E-state index is 0.124. The van der Waals surface area contributed by atoms with Crippen LogP contribution in [-0.2, 0) is 19.1 Å². The van der Waals surface area contributed by atoms with E-state index in [-0.39, 0.29) is 18.4 Å². The van der Waals surface area contributed by atoms with Crippen LogP contribution in [0.1, 0.15) is 53.4 Å². The number of rotatable bonds is 5. The summed E-state index contributed by atoms with van der Waals surface area (Å²) >= 11 is 0. The van der Waals surface area contributed by atoms with Crippen molar-refractivity contribution in [1.82, 2.24) is 0 Å². The summed E-state index contributed by atoms with van der Waals surface area (Å²) in [6.07, 6.45) is 7.93. The molecule has 25 heavy (non-hydrogen) atoms. The van der Waals surface area contributed by atoms with Crippen molar-refractivity contribution in [2.75, 3.05) is 0 Å². The standard InChI is InChI=1S/C20H28O5/c1-13(2)6-5-7-14(3)10-18-20(12-19(23)25-18)11-16(24-15(4)21)8-9-17(20)22/h6,8-10,16-18,22H,5,7,11-12H2,1-4H3. The van der Waals surface area contributed by atoms with Gasteiger partial charge in [0.2, 0.25) is 0 Å². The normalized spacial score (nSPS) is 31.8. The van der Waals surface area contributed by atoms with Gasteiger partial charge in [-0.1, -0.05) is 23.3 Å². The van der Waals surface area contributed by atoms with Crippen molar-refractivity contribution in [2.45, 2.75) is 71.7 Å². The molecular weight excluding hydrogens is 320 g/mol. The van der Waals surface area contributed by atoms with Crippen LogP contribution in [-0.4, -0.2) is 35.4 Å². The molecule has 4 atom stereocenters. The zero-order valence-electron chi connectivity index (χ0n) is 15.5. The minimum Gasteiger partial charge on any atom is -0.458 e. The van der Waals surface area contributed by atoms with Crippen LogP contribution in [0.4, 0.5) is 0 Å². The third kappa shape index (κ3) is 4.82. The Kier molecular flexibility index (Phi) is 6.22. The molecule has 0 saturated carbocycles. The molecule has 1 heterocycles. The van der Waals surface area contributed by atoms with E-state index in [1.807, 2.05) is 13.0 Å². The highest BCUT2D eigenvalue weighted by atomic mass is 16.6. The van der Waals surface area contributed by atoms with Crippen molar-refractivity contribution in [2.24, 2.45) is 5.41 Å². The van der Waals surface area contributed by atoms with Gasteiger partial charge in [0.05, 0.1) is 17.9 Å². The van der Waals surface area contributed by atoms with Crippen LogP contribution in [0.2, 0.25) is 0 Å². The Labute approximate surface area is 149 Å².